The maximum absolute atomic E-state index is 11.9. The Morgan fingerprint density at radius 3 is 3.06 bits per heavy atom. The third-order valence-corrected chi connectivity index (χ3v) is 3.44. The van der Waals surface area contributed by atoms with Gasteiger partial charge in [-0.25, -0.2) is 0 Å². The monoisotopic (exact) mass is 302 g/mol. The van der Waals surface area contributed by atoms with E-state index in [1.54, 1.807) is 6.07 Å². The molecule has 1 amide bonds. The maximum Gasteiger partial charge on any atom is 0.228 e. The van der Waals surface area contributed by atoms with E-state index in [1.165, 1.54) is 0 Å². The minimum absolute atomic E-state index is 0.0324. The van der Waals surface area contributed by atoms with Crippen molar-refractivity contribution in [2.45, 2.75) is 6.42 Å². The van der Waals surface area contributed by atoms with E-state index >= 15 is 0 Å². The number of halogens is 2. The Labute approximate surface area is 108 Å². The molecule has 1 aliphatic heterocycles. The van der Waals surface area contributed by atoms with Gasteiger partial charge in [-0.3, -0.25) is 4.79 Å². The van der Waals surface area contributed by atoms with Gasteiger partial charge in [0.2, 0.25) is 5.91 Å². The molecule has 1 aromatic rings. The zero-order valence-corrected chi connectivity index (χ0v) is 10.9. The molecule has 2 N–H and O–H groups in total. The molecule has 86 valence electrons. The molecular weight excluding hydrogens is 291 g/mol. The molecule has 5 heteroatoms. The van der Waals surface area contributed by atoms with Crippen molar-refractivity contribution in [1.29, 1.82) is 0 Å². The molecule has 0 bridgehead atoms. The summed E-state index contributed by atoms with van der Waals surface area (Å²) in [5, 5.41) is 6.57. The van der Waals surface area contributed by atoms with Gasteiger partial charge in [0, 0.05) is 11.0 Å². The third-order valence-electron chi connectivity index (χ3n) is 2.62. The van der Waals surface area contributed by atoms with Crippen molar-refractivity contribution < 1.29 is 4.79 Å². The van der Waals surface area contributed by atoms with Crippen LogP contribution in [0.3, 0.4) is 0 Å². The lowest BCUT2D eigenvalue weighted by Gasteiger charge is -2.11. The molecule has 0 spiro atoms. The summed E-state index contributed by atoms with van der Waals surface area (Å²) in [7, 11) is 0. The fraction of sp³-hybridized carbons (Fsp3) is 0.364. The van der Waals surface area contributed by atoms with Gasteiger partial charge in [-0.15, -0.1) is 0 Å². The molecule has 0 aromatic heterocycles. The van der Waals surface area contributed by atoms with Gasteiger partial charge in [-0.1, -0.05) is 27.5 Å². The summed E-state index contributed by atoms with van der Waals surface area (Å²) in [6, 6.07) is 5.41. The van der Waals surface area contributed by atoms with Crippen molar-refractivity contribution in [2.75, 3.05) is 18.4 Å². The van der Waals surface area contributed by atoms with Gasteiger partial charge in [0.1, 0.15) is 0 Å². The van der Waals surface area contributed by atoms with Crippen molar-refractivity contribution >= 4 is 39.1 Å². The van der Waals surface area contributed by atoms with Crippen LogP contribution in [0.1, 0.15) is 6.42 Å². The number of hydrogen-bond acceptors (Lipinski definition) is 2. The number of carbonyl (C=O) groups excluding carboxylic acids is 1. The highest BCUT2D eigenvalue weighted by atomic mass is 79.9. The second-order valence-corrected chi connectivity index (χ2v) is 5.13. The number of anilines is 1. The summed E-state index contributed by atoms with van der Waals surface area (Å²) >= 11 is 9.34. The van der Waals surface area contributed by atoms with Crippen LogP contribution in [0.2, 0.25) is 5.02 Å². The van der Waals surface area contributed by atoms with Gasteiger partial charge in [0.25, 0.3) is 0 Å². The Hall–Kier alpha value is -0.580. The van der Waals surface area contributed by atoms with E-state index in [4.69, 9.17) is 11.6 Å². The summed E-state index contributed by atoms with van der Waals surface area (Å²) in [6.07, 6.45) is 0.886. The SMILES string of the molecule is O=C(Nc1cc(Br)ccc1Cl)C1CCNC1. The van der Waals surface area contributed by atoms with Gasteiger partial charge in [-0.05, 0) is 31.2 Å². The quantitative estimate of drug-likeness (QED) is 0.882. The van der Waals surface area contributed by atoms with Crippen LogP contribution >= 0.6 is 27.5 Å². The van der Waals surface area contributed by atoms with Crippen LogP contribution in [0, 0.1) is 5.92 Å². The highest BCUT2D eigenvalue weighted by molar-refractivity contribution is 9.10. The van der Waals surface area contributed by atoms with Crippen molar-refractivity contribution in [3.05, 3.63) is 27.7 Å². The van der Waals surface area contributed by atoms with Gasteiger partial charge in [0.05, 0.1) is 16.6 Å². The number of carbonyl (C=O) groups is 1. The first-order valence-corrected chi connectivity index (χ1v) is 6.30. The minimum atomic E-state index is 0.0324. The van der Waals surface area contributed by atoms with Gasteiger partial charge >= 0.3 is 0 Å². The summed E-state index contributed by atoms with van der Waals surface area (Å²) < 4.78 is 0.900. The van der Waals surface area contributed by atoms with E-state index in [0.29, 0.717) is 10.7 Å². The molecule has 3 nitrogen and oxygen atoms in total. The number of amides is 1. The second kappa shape index (κ2) is 5.17. The van der Waals surface area contributed by atoms with Crippen LogP contribution < -0.4 is 10.6 Å². The lowest BCUT2D eigenvalue weighted by Crippen LogP contribution is -2.24. The Bertz CT molecular complexity index is 405. The van der Waals surface area contributed by atoms with Gasteiger partial charge in [0.15, 0.2) is 0 Å². The fourth-order valence-corrected chi connectivity index (χ4v) is 2.23. The van der Waals surface area contributed by atoms with E-state index in [2.05, 4.69) is 26.6 Å². The number of hydrogen-bond donors (Lipinski definition) is 2. The van der Waals surface area contributed by atoms with Crippen molar-refractivity contribution in [3.63, 3.8) is 0 Å². The maximum atomic E-state index is 11.9. The van der Waals surface area contributed by atoms with E-state index in [-0.39, 0.29) is 11.8 Å². The molecule has 1 aliphatic rings. The average molecular weight is 304 g/mol. The molecule has 16 heavy (non-hydrogen) atoms. The van der Waals surface area contributed by atoms with Crippen LogP contribution in [0.15, 0.2) is 22.7 Å². The molecule has 1 saturated heterocycles. The second-order valence-electron chi connectivity index (χ2n) is 3.80. The number of rotatable bonds is 2. The van der Waals surface area contributed by atoms with Crippen LogP contribution in [-0.2, 0) is 4.79 Å². The molecule has 0 radical (unpaired) electrons. The molecule has 0 aliphatic carbocycles. The number of benzene rings is 1. The van der Waals surface area contributed by atoms with Crippen molar-refractivity contribution in [2.24, 2.45) is 5.92 Å². The van der Waals surface area contributed by atoms with Crippen LogP contribution in [0.4, 0.5) is 5.69 Å². The molecule has 1 aromatic carbocycles. The Kier molecular flexibility index (Phi) is 3.84. The van der Waals surface area contributed by atoms with Crippen LogP contribution in [0.5, 0.6) is 0 Å². The highest BCUT2D eigenvalue weighted by Crippen LogP contribution is 2.26. The largest absolute Gasteiger partial charge is 0.324 e. The average Bonchev–Trinajstić information content (AvgIpc) is 2.76. The zero-order chi connectivity index (χ0) is 11.5. The Morgan fingerprint density at radius 1 is 1.56 bits per heavy atom. The topological polar surface area (TPSA) is 41.1 Å². The predicted octanol–water partition coefficient (Wildman–Crippen LogP) is 2.65. The molecule has 2 rings (SSSR count). The van der Waals surface area contributed by atoms with E-state index in [0.717, 1.165) is 24.0 Å². The number of nitrogens with one attached hydrogen (secondary N) is 2. The van der Waals surface area contributed by atoms with E-state index < -0.39 is 0 Å². The molecule has 1 unspecified atom stereocenters. The Balaban J connectivity index is 2.07. The molecule has 1 fully saturated rings. The summed E-state index contributed by atoms with van der Waals surface area (Å²) in [5.74, 6) is 0.0834. The summed E-state index contributed by atoms with van der Waals surface area (Å²) in [5.41, 5.74) is 0.660. The molecular formula is C11H12BrClN2O. The van der Waals surface area contributed by atoms with E-state index in [1.807, 2.05) is 12.1 Å². The smallest absolute Gasteiger partial charge is 0.228 e. The van der Waals surface area contributed by atoms with Crippen molar-refractivity contribution in [1.82, 2.24) is 5.32 Å². The predicted molar refractivity (Wildman–Crippen MR) is 68.8 cm³/mol. The first-order chi connectivity index (χ1) is 7.66. The molecule has 0 saturated carbocycles. The van der Waals surface area contributed by atoms with E-state index in [9.17, 15) is 4.79 Å². The van der Waals surface area contributed by atoms with Gasteiger partial charge in [-0.2, -0.15) is 0 Å². The van der Waals surface area contributed by atoms with Crippen LogP contribution in [-0.4, -0.2) is 19.0 Å². The highest BCUT2D eigenvalue weighted by Gasteiger charge is 2.22. The molecule has 1 heterocycles. The van der Waals surface area contributed by atoms with Crippen LogP contribution in [0.25, 0.3) is 0 Å². The fourth-order valence-electron chi connectivity index (χ4n) is 1.71. The normalized spacial score (nSPS) is 19.8. The summed E-state index contributed by atoms with van der Waals surface area (Å²) in [4.78, 5) is 11.9. The van der Waals surface area contributed by atoms with Crippen molar-refractivity contribution in [3.8, 4) is 0 Å². The van der Waals surface area contributed by atoms with Gasteiger partial charge < -0.3 is 10.6 Å². The lowest BCUT2D eigenvalue weighted by molar-refractivity contribution is -0.119. The zero-order valence-electron chi connectivity index (χ0n) is 8.59. The molecule has 1 atom stereocenters. The summed E-state index contributed by atoms with van der Waals surface area (Å²) in [6.45, 7) is 1.65. The third kappa shape index (κ3) is 2.75. The minimum Gasteiger partial charge on any atom is -0.324 e. The lowest BCUT2D eigenvalue weighted by atomic mass is 10.1. The standard InChI is InChI=1S/C11H12BrClN2O/c12-8-1-2-9(13)10(5-8)15-11(16)7-3-4-14-6-7/h1-2,5,7,14H,3-4,6H2,(H,15,16). The first kappa shape index (κ1) is 11.9. The Morgan fingerprint density at radius 2 is 2.38 bits per heavy atom. The first-order valence-electron chi connectivity index (χ1n) is 5.13.